The Bertz CT molecular complexity index is 255. The highest BCUT2D eigenvalue weighted by atomic mass is 16.6. The van der Waals surface area contributed by atoms with E-state index in [1.165, 1.54) is 0 Å². The molecule has 0 spiro atoms. The van der Waals surface area contributed by atoms with E-state index in [1.807, 2.05) is 6.08 Å². The van der Waals surface area contributed by atoms with Crippen LogP contribution in [0.4, 0.5) is 0 Å². The van der Waals surface area contributed by atoms with Crippen LogP contribution in [0.15, 0.2) is 24.0 Å². The smallest absolute Gasteiger partial charge is 0.166 e. The van der Waals surface area contributed by atoms with Gasteiger partial charge in [0, 0.05) is 6.54 Å². The topological polar surface area (TPSA) is 38.3 Å². The van der Waals surface area contributed by atoms with E-state index in [1.54, 1.807) is 12.2 Å². The first-order valence-corrected chi connectivity index (χ1v) is 4.20. The molecule has 1 aliphatic heterocycles. The van der Waals surface area contributed by atoms with Gasteiger partial charge in [-0.1, -0.05) is 6.08 Å². The highest BCUT2D eigenvalue weighted by molar-refractivity contribution is 5.94. The van der Waals surface area contributed by atoms with Gasteiger partial charge in [-0.25, -0.2) is 0 Å². The van der Waals surface area contributed by atoms with Crippen LogP contribution in [-0.4, -0.2) is 12.3 Å². The van der Waals surface area contributed by atoms with Gasteiger partial charge in [0.25, 0.3) is 0 Å². The Morgan fingerprint density at radius 3 is 3.42 bits per heavy atom. The molecule has 2 rings (SSSR count). The predicted molar refractivity (Wildman–Crippen MR) is 44.0 cm³/mol. The Morgan fingerprint density at radius 2 is 2.50 bits per heavy atom. The molecule has 3 nitrogen and oxygen atoms in total. The highest BCUT2D eigenvalue weighted by Gasteiger charge is 2.26. The minimum absolute atomic E-state index is 0.0370. The monoisotopic (exact) mass is 165 g/mol. The number of hydrogen-bond donors (Lipinski definition) is 1. The van der Waals surface area contributed by atoms with E-state index in [0.717, 1.165) is 25.1 Å². The summed E-state index contributed by atoms with van der Waals surface area (Å²) < 4.78 is 0. The molecule has 64 valence electrons. The van der Waals surface area contributed by atoms with Gasteiger partial charge in [-0.15, -0.1) is 0 Å². The second-order valence-electron chi connectivity index (χ2n) is 3.02. The quantitative estimate of drug-likeness (QED) is 0.580. The molecule has 1 atom stereocenters. The summed E-state index contributed by atoms with van der Waals surface area (Å²) in [7, 11) is 0. The third-order valence-corrected chi connectivity index (χ3v) is 2.17. The number of rotatable bonds is 0. The molecular weight excluding hydrogens is 154 g/mol. The van der Waals surface area contributed by atoms with E-state index in [0.29, 0.717) is 0 Å². The number of nitrogens with one attached hydrogen (secondary N) is 1. The molecule has 0 aromatic carbocycles. The molecule has 1 fully saturated rings. The molecule has 0 amide bonds. The summed E-state index contributed by atoms with van der Waals surface area (Å²) in [4.78, 5) is 16.6. The molecule has 3 heteroatoms. The Hall–Kier alpha value is -1.09. The summed E-state index contributed by atoms with van der Waals surface area (Å²) in [5, 5.41) is 0. The van der Waals surface area contributed by atoms with Crippen molar-refractivity contribution < 1.29 is 9.63 Å². The van der Waals surface area contributed by atoms with E-state index >= 15 is 0 Å². The van der Waals surface area contributed by atoms with Gasteiger partial charge in [0.1, 0.15) is 5.76 Å². The minimum atomic E-state index is -0.0370. The van der Waals surface area contributed by atoms with E-state index in [2.05, 4.69) is 5.48 Å². The van der Waals surface area contributed by atoms with Gasteiger partial charge in [0.2, 0.25) is 0 Å². The van der Waals surface area contributed by atoms with Crippen LogP contribution in [0.2, 0.25) is 0 Å². The predicted octanol–water partition coefficient (Wildman–Crippen LogP) is 0.940. The molecule has 12 heavy (non-hydrogen) atoms. The minimum Gasteiger partial charge on any atom is -0.412 e. The Labute approximate surface area is 71.0 Å². The van der Waals surface area contributed by atoms with Crippen molar-refractivity contribution >= 4 is 5.78 Å². The van der Waals surface area contributed by atoms with Crippen molar-refractivity contribution in [3.63, 3.8) is 0 Å². The number of fused-ring (bicyclic) bond motifs is 1. The fraction of sp³-hybridized carbons (Fsp3) is 0.444. The molecule has 0 saturated carbocycles. The van der Waals surface area contributed by atoms with Crippen LogP contribution in [-0.2, 0) is 9.63 Å². The van der Waals surface area contributed by atoms with Crippen LogP contribution in [0.1, 0.15) is 12.8 Å². The van der Waals surface area contributed by atoms with Crippen LogP contribution < -0.4 is 5.48 Å². The lowest BCUT2D eigenvalue weighted by Crippen LogP contribution is -2.19. The van der Waals surface area contributed by atoms with Gasteiger partial charge in [-0.05, 0) is 25.0 Å². The zero-order valence-corrected chi connectivity index (χ0v) is 6.75. The first-order valence-electron chi connectivity index (χ1n) is 4.20. The third kappa shape index (κ3) is 1.28. The molecule has 0 aromatic heterocycles. The number of ketones is 1. The molecular formula is C9H11NO2. The largest absolute Gasteiger partial charge is 0.412 e. The van der Waals surface area contributed by atoms with Crippen molar-refractivity contribution in [3.8, 4) is 0 Å². The maximum atomic E-state index is 11.3. The van der Waals surface area contributed by atoms with Gasteiger partial charge >= 0.3 is 0 Å². The standard InChI is InChI=1S/C9H11NO2/c11-8-4-1-5-9-7(8)3-2-6-10-12-9/h1,4-5,7,10H,2-3,6H2. The Balaban J connectivity index is 2.22. The van der Waals surface area contributed by atoms with Crippen molar-refractivity contribution in [3.05, 3.63) is 24.0 Å². The zero-order chi connectivity index (χ0) is 8.39. The number of carbonyl (C=O) groups excluding carboxylic acids is 1. The fourth-order valence-electron chi connectivity index (χ4n) is 1.51. The SMILES string of the molecule is O=C1C=CC=C2ONCCCC12. The van der Waals surface area contributed by atoms with Crippen LogP contribution in [0, 0.1) is 5.92 Å². The van der Waals surface area contributed by atoms with Gasteiger partial charge < -0.3 is 4.84 Å². The van der Waals surface area contributed by atoms with Gasteiger partial charge in [-0.2, -0.15) is 5.48 Å². The number of hydroxylamine groups is 1. The summed E-state index contributed by atoms with van der Waals surface area (Å²) in [6.45, 7) is 0.821. The molecule has 1 aliphatic carbocycles. The van der Waals surface area contributed by atoms with E-state index in [4.69, 9.17) is 4.84 Å². The maximum absolute atomic E-state index is 11.3. The number of allylic oxidation sites excluding steroid dienone is 4. The lowest BCUT2D eigenvalue weighted by Gasteiger charge is -2.15. The second kappa shape index (κ2) is 3.11. The Kier molecular flexibility index (Phi) is 1.96. The summed E-state index contributed by atoms with van der Waals surface area (Å²) >= 11 is 0. The Morgan fingerprint density at radius 1 is 1.58 bits per heavy atom. The van der Waals surface area contributed by atoms with E-state index in [9.17, 15) is 4.79 Å². The van der Waals surface area contributed by atoms with Crippen molar-refractivity contribution in [1.29, 1.82) is 0 Å². The number of carbonyl (C=O) groups is 1. The lowest BCUT2D eigenvalue weighted by atomic mass is 9.93. The summed E-state index contributed by atoms with van der Waals surface area (Å²) in [6.07, 6.45) is 7.08. The van der Waals surface area contributed by atoms with Crippen LogP contribution in [0.3, 0.4) is 0 Å². The van der Waals surface area contributed by atoms with Gasteiger partial charge in [-0.3, -0.25) is 4.79 Å². The second-order valence-corrected chi connectivity index (χ2v) is 3.02. The summed E-state index contributed by atoms with van der Waals surface area (Å²) in [6, 6.07) is 0. The first kappa shape index (κ1) is 7.55. The van der Waals surface area contributed by atoms with E-state index in [-0.39, 0.29) is 11.7 Å². The first-order chi connectivity index (χ1) is 5.88. The van der Waals surface area contributed by atoms with Crippen molar-refractivity contribution in [2.75, 3.05) is 6.54 Å². The molecule has 0 aromatic rings. The van der Waals surface area contributed by atoms with Crippen molar-refractivity contribution in [2.24, 2.45) is 5.92 Å². The number of hydrogen-bond acceptors (Lipinski definition) is 3. The van der Waals surface area contributed by atoms with E-state index < -0.39 is 0 Å². The summed E-state index contributed by atoms with van der Waals surface area (Å²) in [5.74, 6) is 0.890. The molecule has 0 bridgehead atoms. The summed E-state index contributed by atoms with van der Waals surface area (Å²) in [5.41, 5.74) is 2.81. The van der Waals surface area contributed by atoms with Gasteiger partial charge in [0.05, 0.1) is 5.92 Å². The molecule has 0 radical (unpaired) electrons. The zero-order valence-electron chi connectivity index (χ0n) is 6.75. The molecule has 1 unspecified atom stereocenters. The van der Waals surface area contributed by atoms with Gasteiger partial charge in [0.15, 0.2) is 5.78 Å². The van der Waals surface area contributed by atoms with Crippen LogP contribution in [0.25, 0.3) is 0 Å². The van der Waals surface area contributed by atoms with Crippen molar-refractivity contribution in [2.45, 2.75) is 12.8 Å². The molecule has 1 heterocycles. The highest BCUT2D eigenvalue weighted by Crippen LogP contribution is 2.24. The molecule has 1 N–H and O–H groups in total. The fourth-order valence-corrected chi connectivity index (χ4v) is 1.51. The average molecular weight is 165 g/mol. The molecule has 2 aliphatic rings. The normalized spacial score (nSPS) is 28.5. The van der Waals surface area contributed by atoms with Crippen molar-refractivity contribution in [1.82, 2.24) is 5.48 Å². The van der Waals surface area contributed by atoms with Crippen LogP contribution >= 0.6 is 0 Å². The van der Waals surface area contributed by atoms with Crippen LogP contribution in [0.5, 0.6) is 0 Å². The average Bonchev–Trinajstić information content (AvgIpc) is 2.30. The third-order valence-electron chi connectivity index (χ3n) is 2.17. The lowest BCUT2D eigenvalue weighted by molar-refractivity contribution is -0.118. The maximum Gasteiger partial charge on any atom is 0.166 e. The molecule has 1 saturated heterocycles.